The number of rotatable bonds is 4. The van der Waals surface area contributed by atoms with E-state index in [1.165, 1.54) is 11.3 Å². The molecule has 2 aliphatic carbocycles. The Bertz CT molecular complexity index is 876. The van der Waals surface area contributed by atoms with Gasteiger partial charge >= 0.3 is 5.97 Å². The lowest BCUT2D eigenvalue weighted by molar-refractivity contribution is -0.145. The normalized spacial score (nSPS) is 37.4. The monoisotopic (exact) mass is 440 g/mol. The summed E-state index contributed by atoms with van der Waals surface area (Å²) in [6, 6.07) is 8.19. The van der Waals surface area contributed by atoms with Gasteiger partial charge in [0.2, 0.25) is 0 Å². The number of hydrogen-bond donors (Lipinski definition) is 1. The minimum atomic E-state index is -0.528. The minimum Gasteiger partial charge on any atom is -0.497 e. The van der Waals surface area contributed by atoms with Crippen molar-refractivity contribution in [3.8, 4) is 5.75 Å². The first kappa shape index (κ1) is 21.8. The zero-order valence-electron chi connectivity index (χ0n) is 19.5. The van der Waals surface area contributed by atoms with Crippen molar-refractivity contribution in [2.75, 3.05) is 44.7 Å². The van der Waals surface area contributed by atoms with Crippen LogP contribution in [0.2, 0.25) is 0 Å². The summed E-state index contributed by atoms with van der Waals surface area (Å²) in [5, 5.41) is 11.5. The van der Waals surface area contributed by atoms with Gasteiger partial charge in [-0.05, 0) is 43.0 Å². The Morgan fingerprint density at radius 1 is 1.19 bits per heavy atom. The van der Waals surface area contributed by atoms with Crippen molar-refractivity contribution in [3.63, 3.8) is 0 Å². The Hall–Kier alpha value is -2.05. The van der Waals surface area contributed by atoms with Gasteiger partial charge < -0.3 is 19.5 Å². The van der Waals surface area contributed by atoms with Crippen LogP contribution in [0, 0.1) is 23.2 Å². The summed E-state index contributed by atoms with van der Waals surface area (Å²) in [7, 11) is 1.68. The maximum Gasteiger partial charge on any atom is 0.311 e. The predicted octanol–water partition coefficient (Wildman–Crippen LogP) is 3.10. The molecule has 0 bridgehead atoms. The number of piperazine rings is 1. The molecular weight excluding hydrogens is 404 g/mol. The van der Waals surface area contributed by atoms with E-state index in [-0.39, 0.29) is 29.3 Å². The summed E-state index contributed by atoms with van der Waals surface area (Å²) >= 11 is 0. The first-order valence-corrected chi connectivity index (χ1v) is 12.1. The maximum absolute atomic E-state index is 12.9. The highest BCUT2D eigenvalue weighted by Crippen LogP contribution is 2.56. The molecule has 1 saturated carbocycles. The fourth-order valence-corrected chi connectivity index (χ4v) is 6.53. The van der Waals surface area contributed by atoms with Crippen LogP contribution >= 0.6 is 0 Å². The highest BCUT2D eigenvalue weighted by atomic mass is 16.6. The molecule has 0 amide bonds. The first-order valence-electron chi connectivity index (χ1n) is 12.1. The number of carbonyl (C=O) groups is 1. The van der Waals surface area contributed by atoms with Crippen LogP contribution in [-0.2, 0) is 9.53 Å². The Morgan fingerprint density at radius 2 is 1.91 bits per heavy atom. The van der Waals surface area contributed by atoms with Crippen LogP contribution in [0.5, 0.6) is 5.75 Å². The molecule has 6 heteroatoms. The molecule has 4 aliphatic rings. The number of aliphatic hydroxyl groups is 1. The quantitative estimate of drug-likeness (QED) is 0.574. The highest BCUT2D eigenvalue weighted by molar-refractivity contribution is 5.76. The Balaban J connectivity index is 1.25. The van der Waals surface area contributed by atoms with E-state index < -0.39 is 6.10 Å². The lowest BCUT2D eigenvalue weighted by atomic mass is 9.55. The van der Waals surface area contributed by atoms with Crippen molar-refractivity contribution in [1.29, 1.82) is 0 Å². The highest BCUT2D eigenvalue weighted by Gasteiger charge is 2.59. The van der Waals surface area contributed by atoms with E-state index in [0.29, 0.717) is 12.5 Å². The fourth-order valence-electron chi connectivity index (χ4n) is 6.53. The van der Waals surface area contributed by atoms with E-state index in [2.05, 4.69) is 41.9 Å². The molecule has 3 fully saturated rings. The van der Waals surface area contributed by atoms with Gasteiger partial charge in [0.05, 0.1) is 19.1 Å². The number of carbonyl (C=O) groups excluding carboxylic acids is 1. The topological polar surface area (TPSA) is 62.2 Å². The number of nitrogens with zero attached hydrogens (tertiary/aromatic N) is 2. The van der Waals surface area contributed by atoms with Gasteiger partial charge in [0, 0.05) is 56.2 Å². The van der Waals surface area contributed by atoms with Crippen LogP contribution in [-0.4, -0.2) is 68.0 Å². The number of benzene rings is 1. The average Bonchev–Trinajstić information content (AvgIpc) is 3.11. The molecule has 6 atom stereocenters. The lowest BCUT2D eigenvalue weighted by Gasteiger charge is -2.52. The number of fused-ring (bicyclic) bond motifs is 2. The van der Waals surface area contributed by atoms with Gasteiger partial charge in [-0.1, -0.05) is 25.5 Å². The molecule has 174 valence electrons. The van der Waals surface area contributed by atoms with Gasteiger partial charge in [0.25, 0.3) is 0 Å². The second-order valence-electron chi connectivity index (χ2n) is 10.3. The molecular formula is C26H36N2O4. The van der Waals surface area contributed by atoms with Crippen molar-refractivity contribution in [1.82, 2.24) is 4.90 Å². The van der Waals surface area contributed by atoms with E-state index in [9.17, 15) is 9.90 Å². The summed E-state index contributed by atoms with van der Waals surface area (Å²) in [4.78, 5) is 17.6. The molecule has 0 aromatic heterocycles. The second-order valence-corrected chi connectivity index (χ2v) is 10.3. The standard InChI is InChI=1S/C26H36N2O4/c1-17-5-4-6-18-15-22-23(24(29)26(17,18)2)21(25(30)32-22)16-27-11-13-28(14-12-27)19-7-9-20(31-3)10-8-19/h6-10,17,21-24,29H,4-5,11-16H2,1-3H3/t17-,21-,22+,23+,24-,26+/m0/s1. The number of methoxy groups -OCH3 is 1. The zero-order valence-corrected chi connectivity index (χ0v) is 19.5. The number of hydrogen-bond acceptors (Lipinski definition) is 6. The Kier molecular flexibility index (Phi) is 5.70. The third-order valence-corrected chi connectivity index (χ3v) is 8.84. The largest absolute Gasteiger partial charge is 0.497 e. The smallest absolute Gasteiger partial charge is 0.311 e. The van der Waals surface area contributed by atoms with E-state index in [1.54, 1.807) is 7.11 Å². The number of esters is 1. The summed E-state index contributed by atoms with van der Waals surface area (Å²) in [6.45, 7) is 8.79. The summed E-state index contributed by atoms with van der Waals surface area (Å²) in [5.41, 5.74) is 2.26. The van der Waals surface area contributed by atoms with E-state index >= 15 is 0 Å². The Morgan fingerprint density at radius 3 is 2.59 bits per heavy atom. The molecule has 2 heterocycles. The predicted molar refractivity (Wildman–Crippen MR) is 124 cm³/mol. The SMILES string of the molecule is COc1ccc(N2CCN(C[C@@H]3C(=O)O[C@@H]4CC5=CCC[C@H](C)[C@@]5(C)[C@@H](O)[C@H]34)CC2)cc1. The molecule has 6 nitrogen and oxygen atoms in total. The molecule has 1 aromatic rings. The average molecular weight is 441 g/mol. The molecule has 0 radical (unpaired) electrons. The number of allylic oxidation sites excluding steroid dienone is 1. The van der Waals surface area contributed by atoms with Crippen LogP contribution in [0.4, 0.5) is 5.69 Å². The maximum atomic E-state index is 12.9. The fraction of sp³-hybridized carbons (Fsp3) is 0.654. The van der Waals surface area contributed by atoms with Gasteiger partial charge in [-0.2, -0.15) is 0 Å². The third kappa shape index (κ3) is 3.52. The summed E-state index contributed by atoms with van der Waals surface area (Å²) in [5.74, 6) is 0.821. The summed E-state index contributed by atoms with van der Waals surface area (Å²) < 4.78 is 11.1. The van der Waals surface area contributed by atoms with Crippen LogP contribution < -0.4 is 9.64 Å². The van der Waals surface area contributed by atoms with E-state index in [4.69, 9.17) is 9.47 Å². The molecule has 32 heavy (non-hydrogen) atoms. The third-order valence-electron chi connectivity index (χ3n) is 8.84. The Labute approximate surface area is 191 Å². The van der Waals surface area contributed by atoms with Gasteiger partial charge in [0.15, 0.2) is 0 Å². The van der Waals surface area contributed by atoms with Crippen molar-refractivity contribution < 1.29 is 19.4 Å². The van der Waals surface area contributed by atoms with Crippen LogP contribution in [0.15, 0.2) is 35.9 Å². The molecule has 5 rings (SSSR count). The van der Waals surface area contributed by atoms with E-state index in [0.717, 1.165) is 51.2 Å². The molecule has 1 aromatic carbocycles. The zero-order chi connectivity index (χ0) is 22.5. The van der Waals surface area contributed by atoms with Gasteiger partial charge in [-0.3, -0.25) is 9.69 Å². The van der Waals surface area contributed by atoms with Crippen LogP contribution in [0.1, 0.15) is 33.1 Å². The molecule has 1 N–H and O–H groups in total. The van der Waals surface area contributed by atoms with Crippen molar-refractivity contribution in [2.24, 2.45) is 23.2 Å². The van der Waals surface area contributed by atoms with Gasteiger partial charge in [-0.25, -0.2) is 0 Å². The number of anilines is 1. The summed E-state index contributed by atoms with van der Waals surface area (Å²) in [6.07, 6.45) is 4.54. The van der Waals surface area contributed by atoms with Crippen molar-refractivity contribution in [2.45, 2.75) is 45.3 Å². The van der Waals surface area contributed by atoms with Crippen molar-refractivity contribution in [3.05, 3.63) is 35.9 Å². The molecule has 0 spiro atoms. The molecule has 0 unspecified atom stereocenters. The van der Waals surface area contributed by atoms with Gasteiger partial charge in [-0.15, -0.1) is 0 Å². The molecule has 2 saturated heterocycles. The number of ether oxygens (including phenoxy) is 2. The number of aliphatic hydroxyl groups excluding tert-OH is 1. The van der Waals surface area contributed by atoms with Crippen molar-refractivity contribution >= 4 is 11.7 Å². The van der Waals surface area contributed by atoms with Crippen LogP contribution in [0.3, 0.4) is 0 Å². The lowest BCUT2D eigenvalue weighted by Crippen LogP contribution is -2.55. The minimum absolute atomic E-state index is 0.107. The van der Waals surface area contributed by atoms with E-state index in [1.807, 2.05) is 12.1 Å². The van der Waals surface area contributed by atoms with Gasteiger partial charge in [0.1, 0.15) is 11.9 Å². The van der Waals surface area contributed by atoms with Crippen LogP contribution in [0.25, 0.3) is 0 Å². The second kappa shape index (κ2) is 8.38. The molecule has 2 aliphatic heterocycles. The first-order chi connectivity index (χ1) is 15.4.